The van der Waals surface area contributed by atoms with E-state index in [9.17, 15) is 0 Å². The molecule has 1 aromatic heterocycles. The third-order valence-corrected chi connectivity index (χ3v) is 4.55. The molecule has 1 unspecified atom stereocenters. The van der Waals surface area contributed by atoms with Gasteiger partial charge >= 0.3 is 0 Å². The first-order chi connectivity index (χ1) is 10.6. The van der Waals surface area contributed by atoms with Crippen molar-refractivity contribution in [3.8, 4) is 5.75 Å². The van der Waals surface area contributed by atoms with Crippen molar-refractivity contribution in [2.24, 2.45) is 5.73 Å². The highest BCUT2D eigenvalue weighted by Gasteiger charge is 2.36. The number of halogens is 1. The summed E-state index contributed by atoms with van der Waals surface area (Å²) in [4.78, 5) is 4.54. The summed E-state index contributed by atoms with van der Waals surface area (Å²) in [6.07, 6.45) is 4.87. The average Bonchev–Trinajstić information content (AvgIpc) is 3.17. The maximum absolute atomic E-state index is 6.37. The molecule has 2 N–H and O–H groups in total. The van der Waals surface area contributed by atoms with Gasteiger partial charge in [-0.15, -0.1) is 12.4 Å². The number of aromatic nitrogens is 2. The van der Waals surface area contributed by atoms with Gasteiger partial charge in [-0.2, -0.15) is 4.98 Å². The maximum Gasteiger partial charge on any atom is 0.227 e. The molecule has 5 nitrogen and oxygen atoms in total. The Kier molecular flexibility index (Phi) is 5.65. The molecule has 0 saturated heterocycles. The van der Waals surface area contributed by atoms with E-state index in [1.807, 2.05) is 18.2 Å². The molecule has 1 atom stereocenters. The molecule has 2 aromatic rings. The van der Waals surface area contributed by atoms with Crippen molar-refractivity contribution < 1.29 is 9.26 Å². The Hall–Kier alpha value is -1.59. The Bertz CT molecular complexity index is 638. The van der Waals surface area contributed by atoms with Crippen LogP contribution in [-0.4, -0.2) is 17.3 Å². The summed E-state index contributed by atoms with van der Waals surface area (Å²) in [5.74, 6) is 2.46. The lowest BCUT2D eigenvalue weighted by Gasteiger charge is -2.17. The van der Waals surface area contributed by atoms with E-state index in [2.05, 4.69) is 23.1 Å². The van der Waals surface area contributed by atoms with Crippen LogP contribution in [0, 0.1) is 0 Å². The third kappa shape index (κ3) is 3.85. The maximum atomic E-state index is 6.37. The Morgan fingerprint density at radius 2 is 2.09 bits per heavy atom. The number of hydrogen-bond donors (Lipinski definition) is 1. The van der Waals surface area contributed by atoms with Crippen LogP contribution in [0.2, 0.25) is 0 Å². The van der Waals surface area contributed by atoms with Crippen molar-refractivity contribution in [3.05, 3.63) is 41.5 Å². The van der Waals surface area contributed by atoms with E-state index in [0.29, 0.717) is 18.1 Å². The highest BCUT2D eigenvalue weighted by molar-refractivity contribution is 5.85. The predicted molar refractivity (Wildman–Crippen MR) is 91.0 cm³/mol. The smallest absolute Gasteiger partial charge is 0.227 e. The highest BCUT2D eigenvalue weighted by atomic mass is 35.5. The highest BCUT2D eigenvalue weighted by Crippen LogP contribution is 2.35. The number of hydrogen-bond acceptors (Lipinski definition) is 5. The summed E-state index contributed by atoms with van der Waals surface area (Å²) in [6.45, 7) is 2.15. The second-order valence-electron chi connectivity index (χ2n) is 6.26. The van der Waals surface area contributed by atoms with E-state index in [1.165, 1.54) is 5.56 Å². The van der Waals surface area contributed by atoms with Crippen molar-refractivity contribution >= 4 is 12.4 Å². The Morgan fingerprint density at radius 1 is 1.35 bits per heavy atom. The van der Waals surface area contributed by atoms with Gasteiger partial charge in [-0.3, -0.25) is 0 Å². The molecule has 0 amide bonds. The molecular formula is C17H24ClN3O2. The first-order valence-corrected chi connectivity index (χ1v) is 7.86. The van der Waals surface area contributed by atoms with Gasteiger partial charge in [-0.1, -0.05) is 37.1 Å². The van der Waals surface area contributed by atoms with Crippen molar-refractivity contribution in [2.75, 3.05) is 7.11 Å². The lowest BCUT2D eigenvalue weighted by atomic mass is 9.97. The largest absolute Gasteiger partial charge is 0.497 e. The minimum Gasteiger partial charge on any atom is -0.497 e. The summed E-state index contributed by atoms with van der Waals surface area (Å²) in [6, 6.07) is 8.08. The molecule has 0 radical (unpaired) electrons. The molecule has 6 heteroatoms. The third-order valence-electron chi connectivity index (χ3n) is 4.55. The standard InChI is InChI=1S/C17H23N3O2.ClH/c1-12(13-6-5-7-14(11-13)21-2)10-15-19-16(20-22-15)17(18)8-3-4-9-17;/h5-7,11-12H,3-4,8-10,18H2,1-2H3;1H. The molecule has 1 aliphatic rings. The predicted octanol–water partition coefficient (Wildman–Crippen LogP) is 3.57. The van der Waals surface area contributed by atoms with Crippen molar-refractivity contribution in [3.63, 3.8) is 0 Å². The Labute approximate surface area is 143 Å². The lowest BCUT2D eigenvalue weighted by Crippen LogP contribution is -2.34. The van der Waals surface area contributed by atoms with Crippen LogP contribution in [0.4, 0.5) is 0 Å². The van der Waals surface area contributed by atoms with E-state index in [-0.39, 0.29) is 23.9 Å². The summed E-state index contributed by atoms with van der Waals surface area (Å²) in [7, 11) is 1.68. The topological polar surface area (TPSA) is 74.2 Å². The number of nitrogens with zero attached hydrogens (tertiary/aromatic N) is 2. The van der Waals surface area contributed by atoms with Crippen LogP contribution in [-0.2, 0) is 12.0 Å². The van der Waals surface area contributed by atoms with Gasteiger partial charge < -0.3 is 15.0 Å². The van der Waals surface area contributed by atoms with E-state index in [0.717, 1.165) is 31.4 Å². The fourth-order valence-corrected chi connectivity index (χ4v) is 3.10. The van der Waals surface area contributed by atoms with Gasteiger partial charge in [0, 0.05) is 6.42 Å². The molecule has 126 valence electrons. The molecule has 23 heavy (non-hydrogen) atoms. The van der Waals surface area contributed by atoms with Crippen LogP contribution in [0.1, 0.15) is 55.8 Å². The van der Waals surface area contributed by atoms with Crippen molar-refractivity contribution in [1.82, 2.24) is 10.1 Å². The van der Waals surface area contributed by atoms with Gasteiger partial charge in [0.1, 0.15) is 5.75 Å². The van der Waals surface area contributed by atoms with E-state index >= 15 is 0 Å². The van der Waals surface area contributed by atoms with Gasteiger partial charge in [0.25, 0.3) is 0 Å². The second kappa shape index (κ2) is 7.32. The molecule has 0 bridgehead atoms. The molecule has 1 aromatic carbocycles. The summed E-state index contributed by atoms with van der Waals surface area (Å²) < 4.78 is 10.7. The van der Waals surface area contributed by atoms with E-state index in [4.69, 9.17) is 15.0 Å². The fourth-order valence-electron chi connectivity index (χ4n) is 3.10. The van der Waals surface area contributed by atoms with Crippen LogP contribution < -0.4 is 10.5 Å². The first-order valence-electron chi connectivity index (χ1n) is 7.86. The van der Waals surface area contributed by atoms with E-state index in [1.54, 1.807) is 7.11 Å². The van der Waals surface area contributed by atoms with Crippen LogP contribution in [0.3, 0.4) is 0 Å². The molecule has 1 fully saturated rings. The number of nitrogens with two attached hydrogens (primary N) is 1. The van der Waals surface area contributed by atoms with Crippen molar-refractivity contribution in [2.45, 2.75) is 50.5 Å². The monoisotopic (exact) mass is 337 g/mol. The van der Waals surface area contributed by atoms with Gasteiger partial charge in [0.05, 0.1) is 12.6 Å². The number of rotatable bonds is 5. The van der Waals surface area contributed by atoms with Crippen LogP contribution in [0.15, 0.2) is 28.8 Å². The van der Waals surface area contributed by atoms with Gasteiger partial charge in [0.2, 0.25) is 5.89 Å². The van der Waals surface area contributed by atoms with Crippen molar-refractivity contribution in [1.29, 1.82) is 0 Å². The summed E-state index contributed by atoms with van der Waals surface area (Å²) >= 11 is 0. The zero-order chi connectivity index (χ0) is 15.6. The zero-order valence-electron chi connectivity index (χ0n) is 13.6. The Balaban J connectivity index is 0.00000192. The van der Waals surface area contributed by atoms with Gasteiger partial charge in [-0.25, -0.2) is 0 Å². The molecule has 1 aliphatic carbocycles. The molecule has 0 spiro atoms. The molecule has 1 saturated carbocycles. The number of ether oxygens (including phenoxy) is 1. The van der Waals surface area contributed by atoms with E-state index < -0.39 is 0 Å². The normalized spacial score (nSPS) is 17.5. The Morgan fingerprint density at radius 3 is 2.78 bits per heavy atom. The minimum atomic E-state index is -0.388. The zero-order valence-corrected chi connectivity index (χ0v) is 14.4. The number of benzene rings is 1. The minimum absolute atomic E-state index is 0. The first kappa shape index (κ1) is 17.8. The fraction of sp³-hybridized carbons (Fsp3) is 0.529. The molecule has 3 rings (SSSR count). The lowest BCUT2D eigenvalue weighted by molar-refractivity contribution is 0.344. The number of methoxy groups -OCH3 is 1. The van der Waals surface area contributed by atoms with Crippen LogP contribution in [0.25, 0.3) is 0 Å². The summed E-state index contributed by atoms with van der Waals surface area (Å²) in [5, 5.41) is 4.11. The summed E-state index contributed by atoms with van der Waals surface area (Å²) in [5.41, 5.74) is 7.18. The van der Waals surface area contributed by atoms with Crippen LogP contribution >= 0.6 is 12.4 Å². The SMILES string of the molecule is COc1cccc(C(C)Cc2nc(C3(N)CCCC3)no2)c1.Cl. The average molecular weight is 338 g/mol. The molecule has 1 heterocycles. The van der Waals surface area contributed by atoms with Gasteiger partial charge in [0.15, 0.2) is 5.82 Å². The van der Waals surface area contributed by atoms with Crippen LogP contribution in [0.5, 0.6) is 5.75 Å². The second-order valence-corrected chi connectivity index (χ2v) is 6.26. The molecular weight excluding hydrogens is 314 g/mol. The van der Waals surface area contributed by atoms with Gasteiger partial charge in [-0.05, 0) is 36.5 Å². The quantitative estimate of drug-likeness (QED) is 0.902. The molecule has 0 aliphatic heterocycles.